The third kappa shape index (κ3) is 4.58. The van der Waals surface area contributed by atoms with E-state index in [1.165, 1.54) is 17.7 Å². The Morgan fingerprint density at radius 1 is 1.06 bits per heavy atom. The molecule has 1 heterocycles. The maximum absolute atomic E-state index is 13.8. The summed E-state index contributed by atoms with van der Waals surface area (Å²) in [6, 6.07) is 22.5. The normalized spacial score (nSPS) is 12.2. The van der Waals surface area contributed by atoms with Gasteiger partial charge in [0.25, 0.3) is 0 Å². The van der Waals surface area contributed by atoms with Crippen LogP contribution in [0.15, 0.2) is 72.8 Å². The van der Waals surface area contributed by atoms with Gasteiger partial charge in [0.05, 0.1) is 0 Å². The van der Waals surface area contributed by atoms with Crippen molar-refractivity contribution >= 4 is 16.9 Å². The second-order valence-corrected chi connectivity index (χ2v) is 8.31. The number of aryl methyl sites for hydroxylation is 1. The van der Waals surface area contributed by atoms with Crippen LogP contribution in [0.5, 0.6) is 0 Å². The summed E-state index contributed by atoms with van der Waals surface area (Å²) >= 11 is 0. The molecule has 0 unspecified atom stereocenters. The first-order chi connectivity index (χ1) is 15.4. The lowest BCUT2D eigenvalue weighted by Crippen LogP contribution is -2.21. The zero-order valence-electron chi connectivity index (χ0n) is 18.3. The van der Waals surface area contributed by atoms with E-state index in [-0.39, 0.29) is 11.5 Å². The van der Waals surface area contributed by atoms with Gasteiger partial charge in [-0.25, -0.2) is 9.18 Å². The number of rotatable bonds is 8. The van der Waals surface area contributed by atoms with Crippen LogP contribution in [0.3, 0.4) is 0 Å². The SMILES string of the molecule is Cc1ccc2c(CNC[C@@H](C)c3ccccc3)c(C(=O)O)n(Cc3cccc(F)c3)c2c1. The Hall–Kier alpha value is -3.44. The third-order valence-electron chi connectivity index (χ3n) is 5.88. The first-order valence-electron chi connectivity index (χ1n) is 10.8. The lowest BCUT2D eigenvalue weighted by Gasteiger charge is -2.14. The molecule has 0 saturated carbocycles. The highest BCUT2D eigenvalue weighted by atomic mass is 19.1. The smallest absolute Gasteiger partial charge is 0.352 e. The van der Waals surface area contributed by atoms with Gasteiger partial charge in [0, 0.05) is 36.1 Å². The molecule has 164 valence electrons. The topological polar surface area (TPSA) is 54.3 Å². The van der Waals surface area contributed by atoms with Crippen molar-refractivity contribution in [1.29, 1.82) is 0 Å². The summed E-state index contributed by atoms with van der Waals surface area (Å²) in [7, 11) is 0. The lowest BCUT2D eigenvalue weighted by atomic mass is 10.0. The average Bonchev–Trinajstić information content (AvgIpc) is 3.07. The summed E-state index contributed by atoms with van der Waals surface area (Å²) in [5, 5.41) is 14.5. The number of benzene rings is 3. The number of aromatic carboxylic acids is 1. The number of nitrogens with zero attached hydrogens (tertiary/aromatic N) is 1. The first kappa shape index (κ1) is 21.8. The molecular formula is C27H27FN2O2. The number of carbonyl (C=O) groups is 1. The number of halogens is 1. The highest BCUT2D eigenvalue weighted by Crippen LogP contribution is 2.29. The lowest BCUT2D eigenvalue weighted by molar-refractivity contribution is 0.0684. The summed E-state index contributed by atoms with van der Waals surface area (Å²) < 4.78 is 15.5. The summed E-state index contributed by atoms with van der Waals surface area (Å²) in [6.45, 7) is 5.59. The van der Waals surface area contributed by atoms with Gasteiger partial charge in [-0.3, -0.25) is 0 Å². The van der Waals surface area contributed by atoms with E-state index >= 15 is 0 Å². The molecule has 2 N–H and O–H groups in total. The maximum atomic E-state index is 13.8. The van der Waals surface area contributed by atoms with Gasteiger partial charge in [0.15, 0.2) is 0 Å². The molecule has 0 spiro atoms. The fourth-order valence-corrected chi connectivity index (χ4v) is 4.25. The molecule has 0 amide bonds. The Morgan fingerprint density at radius 2 is 1.84 bits per heavy atom. The first-order valence-corrected chi connectivity index (χ1v) is 10.8. The number of aromatic nitrogens is 1. The molecule has 0 aliphatic carbocycles. The van der Waals surface area contributed by atoms with Crippen molar-refractivity contribution in [1.82, 2.24) is 9.88 Å². The molecule has 4 rings (SSSR count). The van der Waals surface area contributed by atoms with Crippen molar-refractivity contribution in [3.05, 3.63) is 107 Å². The minimum atomic E-state index is -0.983. The van der Waals surface area contributed by atoms with E-state index in [4.69, 9.17) is 0 Å². The van der Waals surface area contributed by atoms with Crippen molar-refractivity contribution in [3.63, 3.8) is 0 Å². The molecular weight excluding hydrogens is 403 g/mol. The Bertz CT molecular complexity index is 1250. The standard InChI is InChI=1S/C27H27FN2O2/c1-18-11-12-23-24(16-29-15-19(2)21-8-4-3-5-9-21)26(27(31)32)30(25(23)13-18)17-20-7-6-10-22(28)14-20/h3-14,19,29H,15-17H2,1-2H3,(H,31,32)/t19-/m1/s1. The van der Waals surface area contributed by atoms with Crippen LogP contribution in [-0.2, 0) is 13.1 Å². The van der Waals surface area contributed by atoms with E-state index in [0.29, 0.717) is 19.0 Å². The van der Waals surface area contributed by atoms with E-state index in [1.54, 1.807) is 10.6 Å². The zero-order chi connectivity index (χ0) is 22.7. The summed E-state index contributed by atoms with van der Waals surface area (Å²) in [5.74, 6) is -1.01. The van der Waals surface area contributed by atoms with Crippen LogP contribution < -0.4 is 5.32 Å². The molecule has 32 heavy (non-hydrogen) atoms. The quantitative estimate of drug-likeness (QED) is 0.375. The monoisotopic (exact) mass is 430 g/mol. The molecule has 0 bridgehead atoms. The molecule has 0 aliphatic heterocycles. The van der Waals surface area contributed by atoms with Gasteiger partial charge in [0.1, 0.15) is 11.5 Å². The molecule has 0 radical (unpaired) electrons. The zero-order valence-corrected chi connectivity index (χ0v) is 18.3. The van der Waals surface area contributed by atoms with E-state index in [0.717, 1.165) is 34.1 Å². The predicted octanol–water partition coefficient (Wildman–Crippen LogP) is 5.73. The molecule has 1 aromatic heterocycles. The van der Waals surface area contributed by atoms with Crippen molar-refractivity contribution < 1.29 is 14.3 Å². The number of nitrogens with one attached hydrogen (secondary N) is 1. The van der Waals surface area contributed by atoms with E-state index < -0.39 is 5.97 Å². The van der Waals surface area contributed by atoms with Gasteiger partial charge in [-0.15, -0.1) is 0 Å². The minimum Gasteiger partial charge on any atom is -0.477 e. The van der Waals surface area contributed by atoms with Crippen LogP contribution >= 0.6 is 0 Å². The second-order valence-electron chi connectivity index (χ2n) is 8.31. The van der Waals surface area contributed by atoms with Crippen molar-refractivity contribution in [2.75, 3.05) is 6.54 Å². The minimum absolute atomic E-state index is 0.245. The van der Waals surface area contributed by atoms with Crippen LogP contribution in [0, 0.1) is 12.7 Å². The number of carboxylic acids is 1. The van der Waals surface area contributed by atoms with E-state index in [1.807, 2.05) is 49.4 Å². The summed E-state index contributed by atoms with van der Waals surface area (Å²) in [4.78, 5) is 12.4. The molecule has 0 aliphatic rings. The van der Waals surface area contributed by atoms with Gasteiger partial charge < -0.3 is 15.0 Å². The van der Waals surface area contributed by atoms with Crippen molar-refractivity contribution in [2.24, 2.45) is 0 Å². The van der Waals surface area contributed by atoms with Gasteiger partial charge in [-0.2, -0.15) is 0 Å². The molecule has 4 aromatic rings. The Labute approximate surface area is 187 Å². The van der Waals surface area contributed by atoms with Crippen LogP contribution in [0.2, 0.25) is 0 Å². The van der Waals surface area contributed by atoms with E-state index in [9.17, 15) is 14.3 Å². The average molecular weight is 431 g/mol. The number of carboxylic acid groups (broad SMARTS) is 1. The van der Waals surface area contributed by atoms with Gasteiger partial charge in [-0.1, -0.05) is 61.5 Å². The van der Waals surface area contributed by atoms with Crippen LogP contribution in [0.25, 0.3) is 10.9 Å². The highest BCUT2D eigenvalue weighted by Gasteiger charge is 2.22. The number of fused-ring (bicyclic) bond motifs is 1. The van der Waals surface area contributed by atoms with Crippen LogP contribution in [0.1, 0.15) is 45.6 Å². The molecule has 1 atom stereocenters. The fraction of sp³-hybridized carbons (Fsp3) is 0.222. The van der Waals surface area contributed by atoms with Crippen molar-refractivity contribution in [2.45, 2.75) is 32.9 Å². The van der Waals surface area contributed by atoms with Gasteiger partial charge >= 0.3 is 5.97 Å². The Morgan fingerprint density at radius 3 is 2.56 bits per heavy atom. The summed E-state index contributed by atoms with van der Waals surface area (Å²) in [6.07, 6.45) is 0. The molecule has 3 aromatic carbocycles. The molecule has 0 fully saturated rings. The van der Waals surface area contributed by atoms with Crippen LogP contribution in [0.4, 0.5) is 4.39 Å². The highest BCUT2D eigenvalue weighted by molar-refractivity contribution is 5.98. The third-order valence-corrected chi connectivity index (χ3v) is 5.88. The Balaban J connectivity index is 1.68. The fourth-order valence-electron chi connectivity index (χ4n) is 4.25. The van der Waals surface area contributed by atoms with Crippen molar-refractivity contribution in [3.8, 4) is 0 Å². The van der Waals surface area contributed by atoms with Gasteiger partial charge in [-0.05, 0) is 47.7 Å². The maximum Gasteiger partial charge on any atom is 0.352 e. The van der Waals surface area contributed by atoms with E-state index in [2.05, 4.69) is 24.4 Å². The number of hydrogen-bond acceptors (Lipinski definition) is 2. The second kappa shape index (κ2) is 9.37. The molecule has 0 saturated heterocycles. The predicted molar refractivity (Wildman–Crippen MR) is 126 cm³/mol. The van der Waals surface area contributed by atoms with Crippen LogP contribution in [-0.4, -0.2) is 22.2 Å². The largest absolute Gasteiger partial charge is 0.477 e. The van der Waals surface area contributed by atoms with Gasteiger partial charge in [0.2, 0.25) is 0 Å². The number of hydrogen-bond donors (Lipinski definition) is 2. The molecule has 4 nitrogen and oxygen atoms in total. The Kier molecular flexibility index (Phi) is 6.37. The summed E-state index contributed by atoms with van der Waals surface area (Å²) in [5.41, 5.74) is 4.86. The molecule has 5 heteroatoms.